The van der Waals surface area contributed by atoms with Gasteiger partial charge in [-0.05, 0) is 77.2 Å². The van der Waals surface area contributed by atoms with Crippen LogP contribution in [0.4, 0.5) is 4.79 Å². The molecule has 2 heterocycles. The summed E-state index contributed by atoms with van der Waals surface area (Å²) in [6.45, 7) is 13.1. The fourth-order valence-electron chi connectivity index (χ4n) is 4.95. The molecule has 0 bridgehead atoms. The number of phenols is 1. The molecule has 4 rings (SSSR count). The van der Waals surface area contributed by atoms with E-state index in [4.69, 9.17) is 16.0 Å². The van der Waals surface area contributed by atoms with Crippen LogP contribution < -0.4 is 4.74 Å². The molecule has 0 spiro atoms. The summed E-state index contributed by atoms with van der Waals surface area (Å²) in [5.41, 5.74) is 3.99. The highest BCUT2D eigenvalue weighted by molar-refractivity contribution is 6.05. The van der Waals surface area contributed by atoms with E-state index in [1.165, 1.54) is 5.57 Å². The predicted molar refractivity (Wildman–Crippen MR) is 159 cm³/mol. The van der Waals surface area contributed by atoms with Crippen molar-refractivity contribution < 1.29 is 25.9 Å². The lowest BCUT2D eigenvalue weighted by atomic mass is 9.73. The van der Waals surface area contributed by atoms with Crippen molar-refractivity contribution in [2.24, 2.45) is 5.92 Å². The number of nitrogens with zero attached hydrogens (tertiary/aromatic N) is 2. The number of benzene rings is 1. The highest BCUT2D eigenvalue weighted by Crippen LogP contribution is 2.47. The number of ether oxygens (including phenoxy) is 2. The highest BCUT2D eigenvalue weighted by Gasteiger charge is 2.33. The monoisotopic (exact) mass is 541 g/mol. The average molecular weight is 542 g/mol. The van der Waals surface area contributed by atoms with Gasteiger partial charge in [0, 0.05) is 32.0 Å². The van der Waals surface area contributed by atoms with Crippen LogP contribution in [0.2, 0.25) is 6.80 Å². The molecule has 7 nitrogen and oxygen atoms in total. The lowest BCUT2D eigenvalue weighted by Crippen LogP contribution is -2.20. The zero-order chi connectivity index (χ0) is 29.8. The van der Waals surface area contributed by atoms with Crippen LogP contribution in [0.25, 0.3) is 0 Å². The molecule has 3 aliphatic rings. The van der Waals surface area contributed by atoms with E-state index >= 15 is 0 Å². The van der Waals surface area contributed by atoms with Crippen LogP contribution in [0.3, 0.4) is 0 Å². The number of hydrogen-bond donors (Lipinski definition) is 2. The van der Waals surface area contributed by atoms with E-state index in [1.807, 2.05) is 33.2 Å². The Kier molecular flexibility index (Phi) is 12.9. The molecule has 2 saturated heterocycles. The maximum Gasteiger partial charge on any atom is 0.513 e. The molecule has 0 saturated carbocycles. The first kappa shape index (κ1) is 31.2. The SMILES string of the molecule is C=C(C)[C@@H]1CCC(C)=C[C@H]1c1c(O)cc(CCCCC)cc1OC(=O)OCC1CN1C.CN1CC1CO.[2H]C[B]. The summed E-state index contributed by atoms with van der Waals surface area (Å²) in [6.07, 6.45) is 7.57. The van der Waals surface area contributed by atoms with Gasteiger partial charge in [-0.15, -0.1) is 0 Å². The van der Waals surface area contributed by atoms with Crippen LogP contribution in [-0.4, -0.2) is 86.5 Å². The molecular formula is C31H49BN2O5. The van der Waals surface area contributed by atoms with Crippen molar-refractivity contribution in [3.05, 3.63) is 47.1 Å². The summed E-state index contributed by atoms with van der Waals surface area (Å²) in [6, 6.07) is 4.50. The van der Waals surface area contributed by atoms with Crippen molar-refractivity contribution >= 4 is 14.0 Å². The minimum atomic E-state index is -0.713. The van der Waals surface area contributed by atoms with Crippen LogP contribution >= 0.6 is 0 Å². The topological polar surface area (TPSA) is 82.0 Å². The number of unbranched alkanes of at least 4 members (excludes halogenated alkanes) is 2. The Morgan fingerprint density at radius 3 is 2.38 bits per heavy atom. The normalized spacial score (nSPS) is 26.9. The molecule has 1 aromatic rings. The average Bonchev–Trinajstić information content (AvgIpc) is 3.80. The summed E-state index contributed by atoms with van der Waals surface area (Å²) in [7, 11) is 8.51. The number of likely N-dealkylation sites (N-methyl/N-ethyl adjacent to an activating group) is 2. The molecular weight excluding hydrogens is 491 g/mol. The van der Waals surface area contributed by atoms with Crippen LogP contribution in [0.15, 0.2) is 35.9 Å². The van der Waals surface area contributed by atoms with E-state index in [-0.39, 0.29) is 30.4 Å². The van der Waals surface area contributed by atoms with Gasteiger partial charge in [0.1, 0.15) is 18.1 Å². The molecule has 0 amide bonds. The maximum absolute atomic E-state index is 12.5. The van der Waals surface area contributed by atoms with E-state index in [0.717, 1.165) is 62.8 Å². The fraction of sp³-hybridized carbons (Fsp3) is 0.645. The summed E-state index contributed by atoms with van der Waals surface area (Å²) < 4.78 is 17.0. The number of allylic oxidation sites excluding steroid dienone is 3. The van der Waals surface area contributed by atoms with Gasteiger partial charge in [-0.3, -0.25) is 9.80 Å². The highest BCUT2D eigenvalue weighted by atomic mass is 16.7. The van der Waals surface area contributed by atoms with Gasteiger partial charge in [-0.25, -0.2) is 4.79 Å². The van der Waals surface area contributed by atoms with E-state index in [0.29, 0.717) is 30.6 Å². The Bertz CT molecular complexity index is 1000. The van der Waals surface area contributed by atoms with Gasteiger partial charge in [0.15, 0.2) is 0 Å². The maximum atomic E-state index is 12.5. The van der Waals surface area contributed by atoms with E-state index in [1.54, 1.807) is 0 Å². The molecule has 39 heavy (non-hydrogen) atoms. The van der Waals surface area contributed by atoms with Gasteiger partial charge in [0.2, 0.25) is 0 Å². The Morgan fingerprint density at radius 1 is 1.23 bits per heavy atom. The smallest absolute Gasteiger partial charge is 0.507 e. The van der Waals surface area contributed by atoms with Gasteiger partial charge in [0.25, 0.3) is 0 Å². The predicted octanol–water partition coefficient (Wildman–Crippen LogP) is 5.47. The molecule has 1 aromatic carbocycles. The van der Waals surface area contributed by atoms with Crippen molar-refractivity contribution in [3.8, 4) is 11.5 Å². The van der Waals surface area contributed by atoms with Crippen molar-refractivity contribution in [1.29, 1.82) is 0 Å². The molecule has 8 heteroatoms. The number of phenolic OH excluding ortho intramolecular Hbond substituents is 1. The minimum absolute atomic E-state index is 0. The summed E-state index contributed by atoms with van der Waals surface area (Å²) in [4.78, 5) is 16.7. The molecule has 2 fully saturated rings. The molecule has 2 aliphatic heterocycles. The minimum Gasteiger partial charge on any atom is -0.507 e. The number of aliphatic hydroxyl groups is 1. The molecule has 6 atom stereocenters. The third-order valence-electron chi connectivity index (χ3n) is 7.74. The van der Waals surface area contributed by atoms with Crippen LogP contribution in [0, 0.1) is 5.92 Å². The summed E-state index contributed by atoms with van der Waals surface area (Å²) in [5, 5.41) is 19.4. The number of aromatic hydroxyl groups is 1. The van der Waals surface area contributed by atoms with Gasteiger partial charge in [-0.1, -0.05) is 50.4 Å². The number of aryl methyl sites for hydroxylation is 1. The Balaban J connectivity index is 0.000000533. The number of rotatable bonds is 10. The van der Waals surface area contributed by atoms with Gasteiger partial charge < -0.3 is 19.7 Å². The van der Waals surface area contributed by atoms with E-state index < -0.39 is 6.16 Å². The van der Waals surface area contributed by atoms with E-state index in [2.05, 4.69) is 44.1 Å². The fourth-order valence-corrected chi connectivity index (χ4v) is 4.95. The van der Waals surface area contributed by atoms with Crippen molar-refractivity contribution in [2.75, 3.05) is 40.4 Å². The van der Waals surface area contributed by atoms with Crippen molar-refractivity contribution in [3.63, 3.8) is 0 Å². The van der Waals surface area contributed by atoms with Crippen molar-refractivity contribution in [1.82, 2.24) is 9.80 Å². The van der Waals surface area contributed by atoms with Crippen molar-refractivity contribution in [2.45, 2.75) is 84.1 Å². The Morgan fingerprint density at radius 2 is 1.87 bits per heavy atom. The Hall–Kier alpha value is -2.29. The van der Waals surface area contributed by atoms with Crippen LogP contribution in [-0.2, 0) is 11.2 Å². The first-order valence-electron chi connectivity index (χ1n) is 14.8. The van der Waals surface area contributed by atoms with Gasteiger partial charge >= 0.3 is 6.16 Å². The first-order valence-corrected chi connectivity index (χ1v) is 14.1. The molecule has 1 aliphatic carbocycles. The quantitative estimate of drug-likeness (QED) is 0.102. The van der Waals surface area contributed by atoms with Crippen LogP contribution in [0.5, 0.6) is 11.5 Å². The number of carbonyl (C=O) groups is 1. The number of hydrogen-bond acceptors (Lipinski definition) is 7. The van der Waals surface area contributed by atoms with Gasteiger partial charge in [-0.2, -0.15) is 0 Å². The van der Waals surface area contributed by atoms with E-state index in [9.17, 15) is 9.90 Å². The molecule has 4 unspecified atom stereocenters. The first-order chi connectivity index (χ1) is 19.1. The second kappa shape index (κ2) is 16.1. The molecule has 216 valence electrons. The van der Waals surface area contributed by atoms with Gasteiger partial charge in [0.05, 0.1) is 20.5 Å². The number of aliphatic hydroxyl groups excluding tert-OH is 1. The zero-order valence-corrected chi connectivity index (χ0v) is 24.6. The largest absolute Gasteiger partial charge is 0.513 e. The molecule has 2 N–H and O–H groups in total. The summed E-state index contributed by atoms with van der Waals surface area (Å²) >= 11 is 0. The third kappa shape index (κ3) is 10.3. The second-order valence-corrected chi connectivity index (χ2v) is 11.0. The summed E-state index contributed by atoms with van der Waals surface area (Å²) in [5.74, 6) is 0.705. The zero-order valence-electron chi connectivity index (χ0n) is 25.6. The number of carbonyl (C=O) groups excluding carboxylic acids is 1. The Labute approximate surface area is 238 Å². The second-order valence-electron chi connectivity index (χ2n) is 11.0. The molecule has 0 aromatic heterocycles. The lowest BCUT2D eigenvalue weighted by Gasteiger charge is -2.32. The standard InChI is InChI=1S/C26H37NO4.C4H9NO.CH3B/c1-6-7-8-9-19-13-23(28)25(22-12-18(4)10-11-21(22)17(2)3)24(14-19)31-26(29)30-16-20-15-27(20)5;1-5-2-4(5)3-6;1-2/h12-14,20-22,28H,2,6-11,15-16H2,1,3-5H3;4,6H,2-3H2,1H3;1H3/t20?,21-,22+,27?;;/m0../s1/i;;1D. The lowest BCUT2D eigenvalue weighted by molar-refractivity contribution is 0.0965. The van der Waals surface area contributed by atoms with Crippen LogP contribution in [0.1, 0.15) is 71.3 Å². The third-order valence-corrected chi connectivity index (χ3v) is 7.74. The molecule has 2 radical (unpaired) electrons.